The minimum absolute atomic E-state index is 0.0262. The van der Waals surface area contributed by atoms with Crippen molar-refractivity contribution in [2.45, 2.75) is 19.3 Å². The van der Waals surface area contributed by atoms with Gasteiger partial charge in [0.15, 0.2) is 0 Å². The van der Waals surface area contributed by atoms with Gasteiger partial charge in [0.25, 0.3) is 0 Å². The van der Waals surface area contributed by atoms with Crippen LogP contribution in [-0.4, -0.2) is 5.97 Å². The quantitative estimate of drug-likeness (QED) is 0.534. The SMILES string of the molecule is O=C(Oc1cccc(F)c1)C1CCC1. The third-order valence-corrected chi connectivity index (χ3v) is 2.45. The fraction of sp³-hybridized carbons (Fsp3) is 0.364. The monoisotopic (exact) mass is 194 g/mol. The number of carbonyl (C=O) groups is 1. The Morgan fingerprint density at radius 1 is 1.43 bits per heavy atom. The summed E-state index contributed by atoms with van der Waals surface area (Å²) < 4.78 is 17.7. The first-order chi connectivity index (χ1) is 6.75. The Morgan fingerprint density at radius 2 is 2.21 bits per heavy atom. The molecule has 0 amide bonds. The van der Waals surface area contributed by atoms with Gasteiger partial charge in [0.1, 0.15) is 11.6 Å². The Bertz CT molecular complexity index is 345. The van der Waals surface area contributed by atoms with Gasteiger partial charge >= 0.3 is 5.97 Å². The van der Waals surface area contributed by atoms with Crippen molar-refractivity contribution in [1.82, 2.24) is 0 Å². The van der Waals surface area contributed by atoms with Crippen LogP contribution < -0.4 is 4.74 Å². The first-order valence-corrected chi connectivity index (χ1v) is 4.73. The summed E-state index contributed by atoms with van der Waals surface area (Å²) in [6, 6.07) is 5.65. The lowest BCUT2D eigenvalue weighted by Gasteiger charge is -2.22. The number of esters is 1. The van der Waals surface area contributed by atoms with E-state index >= 15 is 0 Å². The lowest BCUT2D eigenvalue weighted by Crippen LogP contribution is -2.26. The van der Waals surface area contributed by atoms with E-state index in [1.54, 1.807) is 6.07 Å². The zero-order chi connectivity index (χ0) is 9.97. The van der Waals surface area contributed by atoms with E-state index in [2.05, 4.69) is 0 Å². The van der Waals surface area contributed by atoms with E-state index in [9.17, 15) is 9.18 Å². The van der Waals surface area contributed by atoms with Crippen molar-refractivity contribution in [1.29, 1.82) is 0 Å². The van der Waals surface area contributed by atoms with Crippen LogP contribution in [0.15, 0.2) is 24.3 Å². The second-order valence-corrected chi connectivity index (χ2v) is 3.51. The molecule has 0 radical (unpaired) electrons. The first-order valence-electron chi connectivity index (χ1n) is 4.73. The summed E-state index contributed by atoms with van der Waals surface area (Å²) in [6.07, 6.45) is 2.88. The smallest absolute Gasteiger partial charge is 0.314 e. The third kappa shape index (κ3) is 1.92. The van der Waals surface area contributed by atoms with E-state index < -0.39 is 0 Å². The zero-order valence-corrected chi connectivity index (χ0v) is 7.70. The van der Waals surface area contributed by atoms with Gasteiger partial charge in [-0.25, -0.2) is 4.39 Å². The number of benzene rings is 1. The van der Waals surface area contributed by atoms with E-state index in [1.165, 1.54) is 18.2 Å². The van der Waals surface area contributed by atoms with Crippen molar-refractivity contribution in [3.8, 4) is 5.75 Å². The Labute approximate surface area is 81.7 Å². The molecule has 0 unspecified atom stereocenters. The number of rotatable bonds is 2. The molecule has 1 fully saturated rings. The zero-order valence-electron chi connectivity index (χ0n) is 7.70. The van der Waals surface area contributed by atoms with Gasteiger partial charge < -0.3 is 4.74 Å². The first kappa shape index (κ1) is 9.19. The molecule has 0 aromatic heterocycles. The molecule has 2 nitrogen and oxygen atoms in total. The molecule has 1 aromatic carbocycles. The van der Waals surface area contributed by atoms with Crippen molar-refractivity contribution in [2.75, 3.05) is 0 Å². The van der Waals surface area contributed by atoms with Crippen molar-refractivity contribution < 1.29 is 13.9 Å². The standard InChI is InChI=1S/C11H11FO2/c12-9-5-2-6-10(7-9)14-11(13)8-3-1-4-8/h2,5-8H,1,3-4H2. The van der Waals surface area contributed by atoms with Crippen molar-refractivity contribution in [3.63, 3.8) is 0 Å². The average Bonchev–Trinajstić information content (AvgIpc) is 1.99. The summed E-state index contributed by atoms with van der Waals surface area (Å²) in [5.41, 5.74) is 0. The molecule has 0 spiro atoms. The molecule has 1 aromatic rings. The highest BCUT2D eigenvalue weighted by atomic mass is 19.1. The number of hydrogen-bond donors (Lipinski definition) is 0. The number of ether oxygens (including phenoxy) is 1. The molecule has 0 bridgehead atoms. The Morgan fingerprint density at radius 3 is 2.79 bits per heavy atom. The molecule has 1 saturated carbocycles. The fourth-order valence-corrected chi connectivity index (χ4v) is 1.37. The van der Waals surface area contributed by atoms with Crippen molar-refractivity contribution >= 4 is 5.97 Å². The van der Waals surface area contributed by atoms with Gasteiger partial charge in [-0.15, -0.1) is 0 Å². The van der Waals surface area contributed by atoms with E-state index in [4.69, 9.17) is 4.74 Å². The molecule has 0 heterocycles. The lowest BCUT2D eigenvalue weighted by atomic mass is 9.86. The van der Waals surface area contributed by atoms with Gasteiger partial charge in [0.05, 0.1) is 5.92 Å². The van der Waals surface area contributed by atoms with E-state index in [0.717, 1.165) is 19.3 Å². The molecule has 3 heteroatoms. The summed E-state index contributed by atoms with van der Waals surface area (Å²) >= 11 is 0. The number of halogens is 1. The molecular formula is C11H11FO2. The van der Waals surface area contributed by atoms with Crippen LogP contribution in [0.2, 0.25) is 0 Å². The summed E-state index contributed by atoms with van der Waals surface area (Å²) in [4.78, 5) is 11.4. The van der Waals surface area contributed by atoms with Crippen LogP contribution in [0, 0.1) is 11.7 Å². The molecule has 14 heavy (non-hydrogen) atoms. The number of hydrogen-bond acceptors (Lipinski definition) is 2. The second-order valence-electron chi connectivity index (χ2n) is 3.51. The third-order valence-electron chi connectivity index (χ3n) is 2.45. The minimum Gasteiger partial charge on any atom is -0.426 e. The molecule has 1 aliphatic rings. The molecule has 1 aliphatic carbocycles. The van der Waals surface area contributed by atoms with Crippen LogP contribution in [0.5, 0.6) is 5.75 Å². The topological polar surface area (TPSA) is 26.3 Å². The summed E-state index contributed by atoms with van der Waals surface area (Å²) in [6.45, 7) is 0. The summed E-state index contributed by atoms with van der Waals surface area (Å²) in [5, 5.41) is 0. The number of carbonyl (C=O) groups excluding carboxylic acids is 1. The van der Waals surface area contributed by atoms with E-state index in [0.29, 0.717) is 5.75 Å². The minimum atomic E-state index is -0.385. The Kier molecular flexibility index (Phi) is 2.48. The molecule has 0 saturated heterocycles. The van der Waals surface area contributed by atoms with Crippen LogP contribution in [0.25, 0.3) is 0 Å². The van der Waals surface area contributed by atoms with E-state index in [1.807, 2.05) is 0 Å². The van der Waals surface area contributed by atoms with Crippen LogP contribution in [0.1, 0.15) is 19.3 Å². The predicted molar refractivity (Wildman–Crippen MR) is 49.4 cm³/mol. The van der Waals surface area contributed by atoms with Gasteiger partial charge in [-0.3, -0.25) is 4.79 Å². The highest BCUT2D eigenvalue weighted by Crippen LogP contribution is 2.28. The van der Waals surface area contributed by atoms with Gasteiger partial charge in [-0.05, 0) is 25.0 Å². The highest BCUT2D eigenvalue weighted by Gasteiger charge is 2.27. The maximum Gasteiger partial charge on any atom is 0.314 e. The van der Waals surface area contributed by atoms with Crippen LogP contribution >= 0.6 is 0 Å². The summed E-state index contributed by atoms with van der Waals surface area (Å²) in [7, 11) is 0. The van der Waals surface area contributed by atoms with Crippen LogP contribution in [-0.2, 0) is 4.79 Å². The largest absolute Gasteiger partial charge is 0.426 e. The fourth-order valence-electron chi connectivity index (χ4n) is 1.37. The maximum atomic E-state index is 12.7. The predicted octanol–water partition coefficient (Wildman–Crippen LogP) is 2.53. The lowest BCUT2D eigenvalue weighted by molar-refractivity contribution is -0.141. The average molecular weight is 194 g/mol. The normalized spacial score (nSPS) is 16.1. The van der Waals surface area contributed by atoms with Gasteiger partial charge in [0.2, 0.25) is 0 Å². The Hall–Kier alpha value is -1.38. The molecular weight excluding hydrogens is 183 g/mol. The summed E-state index contributed by atoms with van der Waals surface area (Å²) in [5.74, 6) is -0.300. The highest BCUT2D eigenvalue weighted by molar-refractivity contribution is 5.75. The van der Waals surface area contributed by atoms with E-state index in [-0.39, 0.29) is 17.7 Å². The molecule has 74 valence electrons. The molecule has 0 aliphatic heterocycles. The Balaban J connectivity index is 1.99. The van der Waals surface area contributed by atoms with Gasteiger partial charge in [-0.2, -0.15) is 0 Å². The van der Waals surface area contributed by atoms with Crippen LogP contribution in [0.3, 0.4) is 0 Å². The second kappa shape index (κ2) is 3.78. The molecule has 0 N–H and O–H groups in total. The van der Waals surface area contributed by atoms with Crippen molar-refractivity contribution in [3.05, 3.63) is 30.1 Å². The molecule has 2 rings (SSSR count). The molecule has 0 atom stereocenters. The van der Waals surface area contributed by atoms with Crippen molar-refractivity contribution in [2.24, 2.45) is 5.92 Å². The van der Waals surface area contributed by atoms with Gasteiger partial charge in [0, 0.05) is 6.07 Å². The van der Waals surface area contributed by atoms with Crippen LogP contribution in [0.4, 0.5) is 4.39 Å². The van der Waals surface area contributed by atoms with Gasteiger partial charge in [-0.1, -0.05) is 12.5 Å². The maximum absolute atomic E-state index is 12.7.